The molecule has 0 amide bonds. The standard InChI is InChI=1S/C45H45N5/c1-32-26-43(47-50(32)40-23-15-21-36(28-40)34-18-12-9-13-19-34)49(41-30-37(44(2,3)4)29-38(31-41)45(5,6)7)42-24-25-48(46-42)39-22-14-20-35(27-39)33-16-10-8-11-17-33/h8-31H,1-7H3. The van der Waals surface area contributed by atoms with E-state index in [9.17, 15) is 0 Å². The van der Waals surface area contributed by atoms with E-state index in [0.717, 1.165) is 45.5 Å². The first-order chi connectivity index (χ1) is 23.9. The molecule has 0 aliphatic carbocycles. The van der Waals surface area contributed by atoms with E-state index in [1.807, 2.05) is 27.7 Å². The zero-order valence-electron chi connectivity index (χ0n) is 30.1. The molecule has 250 valence electrons. The molecular formula is C45H45N5. The molecule has 0 unspecified atom stereocenters. The van der Waals surface area contributed by atoms with Gasteiger partial charge in [-0.25, -0.2) is 9.36 Å². The van der Waals surface area contributed by atoms with Crippen molar-refractivity contribution in [2.45, 2.75) is 59.3 Å². The van der Waals surface area contributed by atoms with Crippen LogP contribution in [0.4, 0.5) is 17.3 Å². The lowest BCUT2D eigenvalue weighted by Crippen LogP contribution is -2.19. The van der Waals surface area contributed by atoms with E-state index >= 15 is 0 Å². The molecule has 0 radical (unpaired) electrons. The summed E-state index contributed by atoms with van der Waals surface area (Å²) in [6.07, 6.45) is 2.04. The molecule has 5 heteroatoms. The fourth-order valence-electron chi connectivity index (χ4n) is 6.30. The van der Waals surface area contributed by atoms with Crippen molar-refractivity contribution in [2.24, 2.45) is 0 Å². The molecule has 0 atom stereocenters. The normalized spacial score (nSPS) is 11.9. The molecule has 7 rings (SSSR count). The van der Waals surface area contributed by atoms with Gasteiger partial charge in [0.1, 0.15) is 0 Å². The lowest BCUT2D eigenvalue weighted by molar-refractivity contribution is 0.568. The zero-order valence-corrected chi connectivity index (χ0v) is 30.1. The first kappa shape index (κ1) is 32.8. The van der Waals surface area contributed by atoms with Gasteiger partial charge in [-0.15, -0.1) is 10.2 Å². The molecule has 0 aliphatic heterocycles. The van der Waals surface area contributed by atoms with Gasteiger partial charge in [0.25, 0.3) is 0 Å². The van der Waals surface area contributed by atoms with Crippen LogP contribution in [0.5, 0.6) is 0 Å². The predicted molar refractivity (Wildman–Crippen MR) is 208 cm³/mol. The number of rotatable bonds is 7. The molecule has 0 spiro atoms. The molecule has 0 N–H and O–H groups in total. The second kappa shape index (κ2) is 13.0. The van der Waals surface area contributed by atoms with Crippen molar-refractivity contribution in [2.75, 3.05) is 4.90 Å². The lowest BCUT2D eigenvalue weighted by Gasteiger charge is -2.29. The first-order valence-electron chi connectivity index (χ1n) is 17.3. The van der Waals surface area contributed by atoms with Gasteiger partial charge >= 0.3 is 0 Å². The Morgan fingerprint density at radius 3 is 1.56 bits per heavy atom. The van der Waals surface area contributed by atoms with Crippen molar-refractivity contribution >= 4 is 17.3 Å². The van der Waals surface area contributed by atoms with E-state index in [1.165, 1.54) is 22.3 Å². The first-order valence-corrected chi connectivity index (χ1v) is 17.3. The second-order valence-electron chi connectivity index (χ2n) is 15.1. The molecule has 0 fully saturated rings. The van der Waals surface area contributed by atoms with Crippen LogP contribution in [0.15, 0.2) is 146 Å². The van der Waals surface area contributed by atoms with Gasteiger partial charge in [-0.1, -0.05) is 133 Å². The Kier molecular flexibility index (Phi) is 8.53. The van der Waals surface area contributed by atoms with E-state index < -0.39 is 0 Å². The molecule has 0 bridgehead atoms. The highest BCUT2D eigenvalue weighted by atomic mass is 15.4. The van der Waals surface area contributed by atoms with Crippen LogP contribution in [-0.4, -0.2) is 19.6 Å². The minimum Gasteiger partial charge on any atom is -0.276 e. The van der Waals surface area contributed by atoms with Crippen LogP contribution in [0, 0.1) is 6.92 Å². The molecule has 0 saturated heterocycles. The Labute approximate surface area is 296 Å². The van der Waals surface area contributed by atoms with Crippen LogP contribution < -0.4 is 4.90 Å². The SMILES string of the molecule is Cc1cc(N(c2cc(C(C)(C)C)cc(C(C)(C)C)c2)c2ccn(-c3cccc(-c4ccccc4)c3)n2)nn1-c1cccc(-c2ccccc2)c1. The maximum atomic E-state index is 5.28. The summed E-state index contributed by atoms with van der Waals surface area (Å²) in [5.41, 5.74) is 11.2. The van der Waals surface area contributed by atoms with Gasteiger partial charge in [0.2, 0.25) is 0 Å². The Balaban J connectivity index is 1.37. The van der Waals surface area contributed by atoms with Crippen molar-refractivity contribution in [1.29, 1.82) is 0 Å². The van der Waals surface area contributed by atoms with E-state index in [1.54, 1.807) is 0 Å². The number of hydrogen-bond donors (Lipinski definition) is 0. The van der Waals surface area contributed by atoms with Crippen LogP contribution in [-0.2, 0) is 10.8 Å². The Morgan fingerprint density at radius 2 is 1.00 bits per heavy atom. The summed E-state index contributed by atoms with van der Waals surface area (Å²) >= 11 is 0. The third kappa shape index (κ3) is 6.77. The van der Waals surface area contributed by atoms with Crippen molar-refractivity contribution in [3.63, 3.8) is 0 Å². The molecule has 5 nitrogen and oxygen atoms in total. The van der Waals surface area contributed by atoms with Crippen molar-refractivity contribution in [3.8, 4) is 33.6 Å². The average Bonchev–Trinajstić information content (AvgIpc) is 3.76. The maximum Gasteiger partial charge on any atom is 0.161 e. The molecule has 50 heavy (non-hydrogen) atoms. The molecule has 7 aromatic rings. The lowest BCUT2D eigenvalue weighted by atomic mass is 9.80. The third-order valence-electron chi connectivity index (χ3n) is 9.23. The summed E-state index contributed by atoms with van der Waals surface area (Å²) in [6.45, 7) is 15.8. The molecule has 5 aromatic carbocycles. The molecular weight excluding hydrogens is 611 g/mol. The smallest absolute Gasteiger partial charge is 0.161 e. The second-order valence-corrected chi connectivity index (χ2v) is 15.1. The van der Waals surface area contributed by atoms with Crippen LogP contribution in [0.25, 0.3) is 33.6 Å². The van der Waals surface area contributed by atoms with Crippen LogP contribution >= 0.6 is 0 Å². The monoisotopic (exact) mass is 655 g/mol. The van der Waals surface area contributed by atoms with E-state index in [0.29, 0.717) is 0 Å². The van der Waals surface area contributed by atoms with Crippen LogP contribution in [0.1, 0.15) is 58.4 Å². The summed E-state index contributed by atoms with van der Waals surface area (Å²) in [7, 11) is 0. The number of nitrogens with zero attached hydrogens (tertiary/aromatic N) is 5. The fourth-order valence-corrected chi connectivity index (χ4v) is 6.30. The molecule has 2 heterocycles. The van der Waals surface area contributed by atoms with Gasteiger partial charge in [0.15, 0.2) is 11.6 Å². The summed E-state index contributed by atoms with van der Waals surface area (Å²) in [5, 5.41) is 10.5. The molecule has 0 aliphatic rings. The van der Waals surface area contributed by atoms with E-state index in [-0.39, 0.29) is 10.8 Å². The molecule has 0 saturated carbocycles. The largest absolute Gasteiger partial charge is 0.276 e. The zero-order chi connectivity index (χ0) is 35.0. The fraction of sp³-hybridized carbons (Fsp3) is 0.200. The minimum atomic E-state index is -0.0495. The highest BCUT2D eigenvalue weighted by molar-refractivity contribution is 5.75. The van der Waals surface area contributed by atoms with Gasteiger partial charge in [-0.05, 0) is 87.5 Å². The summed E-state index contributed by atoms with van der Waals surface area (Å²) in [5.74, 6) is 1.60. The van der Waals surface area contributed by atoms with E-state index in [2.05, 4.69) is 181 Å². The van der Waals surface area contributed by atoms with Crippen LogP contribution in [0.3, 0.4) is 0 Å². The van der Waals surface area contributed by atoms with Gasteiger partial charge < -0.3 is 0 Å². The van der Waals surface area contributed by atoms with Gasteiger partial charge in [0, 0.05) is 29.7 Å². The van der Waals surface area contributed by atoms with E-state index in [4.69, 9.17) is 10.2 Å². The van der Waals surface area contributed by atoms with Crippen molar-refractivity contribution < 1.29 is 0 Å². The Hall–Kier alpha value is -5.68. The summed E-state index contributed by atoms with van der Waals surface area (Å²) in [4.78, 5) is 2.20. The van der Waals surface area contributed by atoms with Gasteiger partial charge in [-0.3, -0.25) is 4.90 Å². The predicted octanol–water partition coefficient (Wildman–Crippen LogP) is 11.8. The highest BCUT2D eigenvalue weighted by Gasteiger charge is 2.26. The van der Waals surface area contributed by atoms with Crippen molar-refractivity contribution in [1.82, 2.24) is 19.6 Å². The Morgan fingerprint density at radius 1 is 0.480 bits per heavy atom. The number of hydrogen-bond acceptors (Lipinski definition) is 3. The number of benzene rings is 5. The highest BCUT2D eigenvalue weighted by Crippen LogP contribution is 2.40. The summed E-state index contributed by atoms with van der Waals surface area (Å²) < 4.78 is 3.99. The van der Waals surface area contributed by atoms with Crippen LogP contribution in [0.2, 0.25) is 0 Å². The number of aromatic nitrogens is 4. The number of aryl methyl sites for hydroxylation is 1. The third-order valence-corrected chi connectivity index (χ3v) is 9.23. The number of anilines is 3. The summed E-state index contributed by atoms with van der Waals surface area (Å²) in [6, 6.07) is 49.2. The average molecular weight is 656 g/mol. The Bertz CT molecular complexity index is 2210. The quantitative estimate of drug-likeness (QED) is 0.172. The van der Waals surface area contributed by atoms with Gasteiger partial charge in [0.05, 0.1) is 11.4 Å². The maximum absolute atomic E-state index is 5.28. The van der Waals surface area contributed by atoms with Crippen molar-refractivity contribution in [3.05, 3.63) is 163 Å². The minimum absolute atomic E-state index is 0.0495. The molecule has 2 aromatic heterocycles. The van der Waals surface area contributed by atoms with Gasteiger partial charge in [-0.2, -0.15) is 0 Å². The topological polar surface area (TPSA) is 38.9 Å².